The molecule has 2 rings (SSSR count). The van der Waals surface area contributed by atoms with Crippen molar-refractivity contribution in [3.8, 4) is 0 Å². The molecule has 0 bridgehead atoms. The zero-order valence-corrected chi connectivity index (χ0v) is 7.77. The van der Waals surface area contributed by atoms with E-state index in [4.69, 9.17) is 0 Å². The molecule has 2 aliphatic rings. The van der Waals surface area contributed by atoms with Crippen molar-refractivity contribution in [2.45, 2.75) is 24.3 Å². The maximum absolute atomic E-state index is 12.8. The Balaban J connectivity index is 2.12. The second-order valence-electron chi connectivity index (χ2n) is 3.91. The van der Waals surface area contributed by atoms with Crippen molar-refractivity contribution in [1.29, 1.82) is 0 Å². The Morgan fingerprint density at radius 3 is 2.13 bits per heavy atom. The van der Waals surface area contributed by atoms with Gasteiger partial charge in [0.2, 0.25) is 5.91 Å². The number of nitrogens with zero attached hydrogens (tertiary/aromatic N) is 1. The molecule has 2 heterocycles. The zero-order valence-electron chi connectivity index (χ0n) is 7.77. The Kier molecular flexibility index (Phi) is 2.18. The highest BCUT2D eigenvalue weighted by molar-refractivity contribution is 5.83. The molecule has 0 aliphatic carbocycles. The van der Waals surface area contributed by atoms with E-state index in [2.05, 4.69) is 5.32 Å². The minimum atomic E-state index is -4.03. The number of halogens is 4. The average molecular weight is 226 g/mol. The van der Waals surface area contributed by atoms with Crippen molar-refractivity contribution in [3.05, 3.63) is 0 Å². The summed E-state index contributed by atoms with van der Waals surface area (Å²) in [6.45, 7) is -1.73. The number of amides is 1. The van der Waals surface area contributed by atoms with Gasteiger partial charge < -0.3 is 5.32 Å². The number of nitrogens with one attached hydrogen (secondary N) is 1. The summed E-state index contributed by atoms with van der Waals surface area (Å²) in [5, 5.41) is 2.43. The first-order valence-corrected chi connectivity index (χ1v) is 4.61. The van der Waals surface area contributed by atoms with Gasteiger partial charge in [0.25, 0.3) is 0 Å². The molecule has 0 radical (unpaired) electrons. The van der Waals surface area contributed by atoms with E-state index < -0.39 is 36.9 Å². The highest BCUT2D eigenvalue weighted by atomic mass is 19.3. The summed E-state index contributed by atoms with van der Waals surface area (Å²) in [5.74, 6) is -8.50. The average Bonchev–Trinajstić information content (AvgIpc) is 2.55. The summed E-state index contributed by atoms with van der Waals surface area (Å²) in [6.07, 6.45) is 0.311. The Morgan fingerprint density at radius 1 is 1.20 bits per heavy atom. The molecule has 86 valence electrons. The van der Waals surface area contributed by atoms with Gasteiger partial charge in [0.05, 0.1) is 19.1 Å². The van der Waals surface area contributed by atoms with E-state index in [0.29, 0.717) is 13.0 Å². The summed E-state index contributed by atoms with van der Waals surface area (Å²) in [7, 11) is 0. The minimum Gasteiger partial charge on any atom is -0.355 e. The van der Waals surface area contributed by atoms with Gasteiger partial charge in [-0.3, -0.25) is 9.69 Å². The summed E-state index contributed by atoms with van der Waals surface area (Å²) < 4.78 is 51.3. The van der Waals surface area contributed by atoms with Gasteiger partial charge >= 0.3 is 11.8 Å². The van der Waals surface area contributed by atoms with Gasteiger partial charge in [0, 0.05) is 6.54 Å². The monoisotopic (exact) mass is 226 g/mol. The lowest BCUT2D eigenvalue weighted by molar-refractivity contribution is -0.172. The summed E-state index contributed by atoms with van der Waals surface area (Å²) >= 11 is 0. The van der Waals surface area contributed by atoms with Crippen molar-refractivity contribution >= 4 is 5.91 Å². The standard InChI is InChI=1S/C8H10F4N2O/c9-7(10)3-14(4-8(7,11)12)5-1-2-13-6(5)15/h5H,1-4H2,(H,13,15)/t5-/m0/s1. The van der Waals surface area contributed by atoms with Crippen LogP contribution in [0.1, 0.15) is 6.42 Å². The molecule has 0 saturated carbocycles. The van der Waals surface area contributed by atoms with E-state index in [0.717, 1.165) is 4.90 Å². The van der Waals surface area contributed by atoms with Gasteiger partial charge in [-0.1, -0.05) is 0 Å². The Bertz CT molecular complexity index is 278. The predicted octanol–water partition coefficient (Wildman–Crippen LogP) is 0.461. The van der Waals surface area contributed by atoms with Crippen LogP contribution in [0.3, 0.4) is 0 Å². The number of hydrogen-bond acceptors (Lipinski definition) is 2. The van der Waals surface area contributed by atoms with Crippen molar-refractivity contribution < 1.29 is 22.4 Å². The molecule has 1 amide bonds. The molecular formula is C8H10F4N2O. The van der Waals surface area contributed by atoms with E-state index in [9.17, 15) is 22.4 Å². The van der Waals surface area contributed by atoms with Crippen LogP contribution in [-0.4, -0.2) is 48.3 Å². The molecule has 0 aromatic rings. The van der Waals surface area contributed by atoms with Crippen molar-refractivity contribution in [2.24, 2.45) is 0 Å². The molecule has 0 unspecified atom stereocenters. The quantitative estimate of drug-likeness (QED) is 0.659. The highest BCUT2D eigenvalue weighted by Crippen LogP contribution is 2.42. The van der Waals surface area contributed by atoms with Crippen molar-refractivity contribution in [1.82, 2.24) is 10.2 Å². The van der Waals surface area contributed by atoms with Crippen LogP contribution in [0.2, 0.25) is 0 Å². The normalized spacial score (nSPS) is 34.4. The maximum Gasteiger partial charge on any atom is 0.323 e. The maximum atomic E-state index is 12.8. The number of likely N-dealkylation sites (tertiary alicyclic amines) is 1. The SMILES string of the molecule is O=C1NCC[C@@H]1N1CC(F)(F)C(F)(F)C1. The lowest BCUT2D eigenvalue weighted by atomic mass is 10.2. The first-order valence-electron chi connectivity index (χ1n) is 4.61. The third-order valence-electron chi connectivity index (χ3n) is 2.80. The molecule has 0 aromatic heterocycles. The van der Waals surface area contributed by atoms with Crippen LogP contribution in [0.15, 0.2) is 0 Å². The lowest BCUT2D eigenvalue weighted by Crippen LogP contribution is -2.40. The summed E-state index contributed by atoms with van der Waals surface area (Å²) in [4.78, 5) is 12.0. The molecule has 0 spiro atoms. The fourth-order valence-corrected chi connectivity index (χ4v) is 1.95. The van der Waals surface area contributed by atoms with Crippen LogP contribution in [0, 0.1) is 0 Å². The minimum absolute atomic E-state index is 0.311. The summed E-state index contributed by atoms with van der Waals surface area (Å²) in [6, 6.07) is -0.829. The topological polar surface area (TPSA) is 32.3 Å². The van der Waals surface area contributed by atoms with Gasteiger partial charge in [-0.15, -0.1) is 0 Å². The molecule has 2 saturated heterocycles. The molecule has 1 atom stereocenters. The molecule has 3 nitrogen and oxygen atoms in total. The number of rotatable bonds is 1. The van der Waals surface area contributed by atoms with Gasteiger partial charge in [-0.2, -0.15) is 17.6 Å². The molecular weight excluding hydrogens is 216 g/mol. The third kappa shape index (κ3) is 1.58. The first kappa shape index (κ1) is 10.7. The lowest BCUT2D eigenvalue weighted by Gasteiger charge is -2.19. The smallest absolute Gasteiger partial charge is 0.323 e. The fraction of sp³-hybridized carbons (Fsp3) is 0.875. The van der Waals surface area contributed by atoms with Crippen LogP contribution in [0.25, 0.3) is 0 Å². The van der Waals surface area contributed by atoms with Crippen LogP contribution in [0.5, 0.6) is 0 Å². The molecule has 7 heteroatoms. The number of hydrogen-bond donors (Lipinski definition) is 1. The summed E-state index contributed by atoms with van der Waals surface area (Å²) in [5.41, 5.74) is 0. The number of carbonyl (C=O) groups is 1. The largest absolute Gasteiger partial charge is 0.355 e. The van der Waals surface area contributed by atoms with E-state index in [1.807, 2.05) is 0 Å². The number of carbonyl (C=O) groups excluding carboxylic acids is 1. The Hall–Kier alpha value is -0.850. The third-order valence-corrected chi connectivity index (χ3v) is 2.80. The van der Waals surface area contributed by atoms with E-state index in [1.54, 1.807) is 0 Å². The fourth-order valence-electron chi connectivity index (χ4n) is 1.95. The van der Waals surface area contributed by atoms with E-state index >= 15 is 0 Å². The van der Waals surface area contributed by atoms with Gasteiger partial charge in [0.1, 0.15) is 0 Å². The Morgan fingerprint density at radius 2 is 1.73 bits per heavy atom. The van der Waals surface area contributed by atoms with Gasteiger partial charge in [0.15, 0.2) is 0 Å². The molecule has 2 fully saturated rings. The highest BCUT2D eigenvalue weighted by Gasteiger charge is 2.64. The van der Waals surface area contributed by atoms with Crippen molar-refractivity contribution in [2.75, 3.05) is 19.6 Å². The number of alkyl halides is 4. The van der Waals surface area contributed by atoms with Crippen molar-refractivity contribution in [3.63, 3.8) is 0 Å². The second kappa shape index (κ2) is 3.07. The molecule has 0 aromatic carbocycles. The van der Waals surface area contributed by atoms with Crippen LogP contribution in [0.4, 0.5) is 17.6 Å². The predicted molar refractivity (Wildman–Crippen MR) is 42.9 cm³/mol. The van der Waals surface area contributed by atoms with E-state index in [-0.39, 0.29) is 0 Å². The molecule has 1 N–H and O–H groups in total. The molecule has 2 aliphatic heterocycles. The zero-order chi connectivity index (χ0) is 11.3. The van der Waals surface area contributed by atoms with Crippen LogP contribution >= 0.6 is 0 Å². The van der Waals surface area contributed by atoms with Gasteiger partial charge in [-0.05, 0) is 6.42 Å². The second-order valence-corrected chi connectivity index (χ2v) is 3.91. The van der Waals surface area contributed by atoms with Crippen LogP contribution in [-0.2, 0) is 4.79 Å². The van der Waals surface area contributed by atoms with Crippen LogP contribution < -0.4 is 5.32 Å². The Labute approximate surface area is 83.4 Å². The molecule has 15 heavy (non-hydrogen) atoms. The van der Waals surface area contributed by atoms with E-state index in [1.165, 1.54) is 0 Å². The van der Waals surface area contributed by atoms with Gasteiger partial charge in [-0.25, -0.2) is 0 Å². The first-order chi connectivity index (χ1) is 6.83.